The second kappa shape index (κ2) is 7.65. The first-order chi connectivity index (χ1) is 12.3. The maximum absolute atomic E-state index is 12.9. The lowest BCUT2D eigenvalue weighted by Gasteiger charge is -2.37. The Balaban J connectivity index is 1.37. The van der Waals surface area contributed by atoms with E-state index in [1.807, 2.05) is 42.5 Å². The molecule has 2 aromatic rings. The molecule has 0 amide bonds. The molecule has 3 heteroatoms. The Hall–Kier alpha value is -1.74. The Labute approximate surface area is 154 Å². The van der Waals surface area contributed by atoms with Gasteiger partial charge in [0.15, 0.2) is 5.78 Å². The second-order valence-corrected chi connectivity index (χ2v) is 8.75. The van der Waals surface area contributed by atoms with Gasteiger partial charge in [-0.2, -0.15) is 11.8 Å². The summed E-state index contributed by atoms with van der Waals surface area (Å²) in [4.78, 5) is 12.9. The molecular formula is C22H24O2S. The number of carbonyl (C=O) groups excluding carboxylic acids is 1. The zero-order chi connectivity index (χ0) is 17.1. The van der Waals surface area contributed by atoms with Gasteiger partial charge in [0.25, 0.3) is 0 Å². The fraction of sp³-hybridized carbons (Fsp3) is 0.409. The van der Waals surface area contributed by atoms with Gasteiger partial charge in [0.2, 0.25) is 0 Å². The van der Waals surface area contributed by atoms with Gasteiger partial charge >= 0.3 is 0 Å². The predicted octanol–water partition coefficient (Wildman–Crippen LogP) is 5.51. The number of ketones is 1. The van der Waals surface area contributed by atoms with Crippen LogP contribution in [-0.2, 0) is 6.61 Å². The van der Waals surface area contributed by atoms with E-state index in [1.165, 1.54) is 19.3 Å². The molecule has 0 aliphatic carbocycles. The first-order valence-electron chi connectivity index (χ1n) is 9.24. The third kappa shape index (κ3) is 4.09. The Kier molecular flexibility index (Phi) is 5.12. The molecule has 2 unspecified atom stereocenters. The van der Waals surface area contributed by atoms with Crippen molar-refractivity contribution in [2.75, 3.05) is 0 Å². The zero-order valence-electron chi connectivity index (χ0n) is 14.4. The molecule has 2 aromatic carbocycles. The zero-order valence-corrected chi connectivity index (χ0v) is 15.2. The van der Waals surface area contributed by atoms with Crippen LogP contribution in [0.2, 0.25) is 0 Å². The molecule has 25 heavy (non-hydrogen) atoms. The average molecular weight is 352 g/mol. The minimum atomic E-state index is 0.215. The van der Waals surface area contributed by atoms with Crippen molar-refractivity contribution >= 4 is 17.5 Å². The Morgan fingerprint density at radius 3 is 2.32 bits per heavy atom. The minimum absolute atomic E-state index is 0.215. The van der Waals surface area contributed by atoms with E-state index in [0.717, 1.165) is 29.7 Å². The van der Waals surface area contributed by atoms with Crippen molar-refractivity contribution in [2.24, 2.45) is 5.92 Å². The number of ether oxygens (including phenoxy) is 1. The van der Waals surface area contributed by atoms with Crippen LogP contribution in [0.5, 0.6) is 5.75 Å². The number of Topliss-reactive ketones (excluding diaryl/α,β-unsaturated/α-hetero) is 1. The lowest BCUT2D eigenvalue weighted by Crippen LogP contribution is -2.32. The summed E-state index contributed by atoms with van der Waals surface area (Å²) < 4.78 is 5.82. The number of benzene rings is 2. The first kappa shape index (κ1) is 16.7. The van der Waals surface area contributed by atoms with Crippen LogP contribution < -0.4 is 4.74 Å². The van der Waals surface area contributed by atoms with Gasteiger partial charge in [-0.1, -0.05) is 36.8 Å². The van der Waals surface area contributed by atoms with Gasteiger partial charge in [0.05, 0.1) is 0 Å². The van der Waals surface area contributed by atoms with Crippen LogP contribution in [0.4, 0.5) is 0 Å². The topological polar surface area (TPSA) is 26.3 Å². The van der Waals surface area contributed by atoms with E-state index in [-0.39, 0.29) is 5.92 Å². The highest BCUT2D eigenvalue weighted by molar-refractivity contribution is 8.00. The SMILES string of the molecule is O=C(c1ccc(OCc2ccccc2)cc1)C1CC2CCCC(C1)S2. The van der Waals surface area contributed by atoms with Crippen molar-refractivity contribution < 1.29 is 9.53 Å². The molecule has 2 nitrogen and oxygen atoms in total. The van der Waals surface area contributed by atoms with Crippen molar-refractivity contribution in [1.82, 2.24) is 0 Å². The fourth-order valence-corrected chi connectivity index (χ4v) is 5.80. The van der Waals surface area contributed by atoms with E-state index in [1.54, 1.807) is 0 Å². The fourth-order valence-electron chi connectivity index (χ4n) is 3.97. The van der Waals surface area contributed by atoms with Crippen molar-refractivity contribution in [3.05, 3.63) is 65.7 Å². The number of hydrogen-bond acceptors (Lipinski definition) is 3. The third-order valence-corrected chi connectivity index (χ3v) is 6.92. The predicted molar refractivity (Wildman–Crippen MR) is 103 cm³/mol. The first-order valence-corrected chi connectivity index (χ1v) is 10.2. The Morgan fingerprint density at radius 2 is 1.64 bits per heavy atom. The third-order valence-electron chi connectivity index (χ3n) is 5.29. The van der Waals surface area contributed by atoms with Gasteiger partial charge < -0.3 is 4.74 Å². The molecule has 2 aliphatic rings. The van der Waals surface area contributed by atoms with E-state index in [2.05, 4.69) is 23.9 Å². The van der Waals surface area contributed by atoms with Gasteiger partial charge in [-0.3, -0.25) is 4.79 Å². The van der Waals surface area contributed by atoms with Crippen molar-refractivity contribution in [1.29, 1.82) is 0 Å². The Morgan fingerprint density at radius 1 is 0.960 bits per heavy atom. The molecule has 0 aromatic heterocycles. The van der Waals surface area contributed by atoms with E-state index < -0.39 is 0 Å². The summed E-state index contributed by atoms with van der Waals surface area (Å²) >= 11 is 2.12. The summed E-state index contributed by atoms with van der Waals surface area (Å²) in [5, 5.41) is 1.41. The molecule has 130 valence electrons. The second-order valence-electron chi connectivity index (χ2n) is 7.14. The van der Waals surface area contributed by atoms with Crippen LogP contribution in [0.3, 0.4) is 0 Å². The quantitative estimate of drug-likeness (QED) is 0.664. The molecule has 2 heterocycles. The summed E-state index contributed by atoms with van der Waals surface area (Å²) in [6.45, 7) is 0.553. The number of rotatable bonds is 5. The number of hydrogen-bond donors (Lipinski definition) is 0. The van der Waals surface area contributed by atoms with Gasteiger partial charge in [-0.25, -0.2) is 0 Å². The molecule has 0 spiro atoms. The molecule has 0 N–H and O–H groups in total. The highest BCUT2D eigenvalue weighted by Gasteiger charge is 2.35. The van der Waals surface area contributed by atoms with E-state index in [0.29, 0.717) is 22.9 Å². The molecule has 4 rings (SSSR count). The van der Waals surface area contributed by atoms with Crippen LogP contribution >= 0.6 is 11.8 Å². The average Bonchev–Trinajstić information content (AvgIpc) is 2.67. The number of carbonyl (C=O) groups is 1. The summed E-state index contributed by atoms with van der Waals surface area (Å²) in [5.41, 5.74) is 1.98. The molecule has 2 aliphatic heterocycles. The molecule has 2 atom stereocenters. The highest BCUT2D eigenvalue weighted by Crippen LogP contribution is 2.44. The molecule has 2 fully saturated rings. The van der Waals surface area contributed by atoms with Crippen molar-refractivity contribution in [2.45, 2.75) is 49.2 Å². The molecule has 0 radical (unpaired) electrons. The summed E-state index contributed by atoms with van der Waals surface area (Å²) in [7, 11) is 0. The van der Waals surface area contributed by atoms with E-state index in [9.17, 15) is 4.79 Å². The van der Waals surface area contributed by atoms with Gasteiger partial charge in [-0.15, -0.1) is 0 Å². The normalized spacial score (nSPS) is 25.4. The number of fused-ring (bicyclic) bond motifs is 2. The Bertz CT molecular complexity index is 699. The van der Waals surface area contributed by atoms with Crippen molar-refractivity contribution in [3.8, 4) is 5.75 Å². The lowest BCUT2D eigenvalue weighted by molar-refractivity contribution is 0.0896. The van der Waals surface area contributed by atoms with Crippen molar-refractivity contribution in [3.63, 3.8) is 0 Å². The molecule has 2 saturated heterocycles. The van der Waals surface area contributed by atoms with Crippen LogP contribution in [0.15, 0.2) is 54.6 Å². The molecule has 2 bridgehead atoms. The molecule has 0 saturated carbocycles. The minimum Gasteiger partial charge on any atom is -0.489 e. The smallest absolute Gasteiger partial charge is 0.166 e. The lowest BCUT2D eigenvalue weighted by atomic mass is 9.84. The van der Waals surface area contributed by atoms with Crippen LogP contribution in [0.1, 0.15) is 48.0 Å². The highest BCUT2D eigenvalue weighted by atomic mass is 32.2. The summed E-state index contributed by atoms with van der Waals surface area (Å²) in [5.74, 6) is 1.36. The van der Waals surface area contributed by atoms with Crippen LogP contribution in [0.25, 0.3) is 0 Å². The van der Waals surface area contributed by atoms with Gasteiger partial charge in [0, 0.05) is 22.0 Å². The number of thioether (sulfide) groups is 1. The standard InChI is InChI=1S/C22H24O2S/c23-22(18-13-20-7-4-8-21(14-18)25-20)17-9-11-19(12-10-17)24-15-16-5-2-1-3-6-16/h1-3,5-6,9-12,18,20-21H,4,7-8,13-15H2. The van der Waals surface area contributed by atoms with Gasteiger partial charge in [-0.05, 0) is 55.5 Å². The largest absolute Gasteiger partial charge is 0.489 e. The summed E-state index contributed by atoms with van der Waals surface area (Å²) in [6, 6.07) is 17.8. The molecular weight excluding hydrogens is 328 g/mol. The van der Waals surface area contributed by atoms with E-state index >= 15 is 0 Å². The summed E-state index contributed by atoms with van der Waals surface area (Å²) in [6.07, 6.45) is 6.05. The van der Waals surface area contributed by atoms with Crippen LogP contribution in [0, 0.1) is 5.92 Å². The van der Waals surface area contributed by atoms with Crippen LogP contribution in [-0.4, -0.2) is 16.3 Å². The monoisotopic (exact) mass is 352 g/mol. The van der Waals surface area contributed by atoms with E-state index in [4.69, 9.17) is 4.74 Å². The van der Waals surface area contributed by atoms with Gasteiger partial charge in [0.1, 0.15) is 12.4 Å². The maximum atomic E-state index is 12.9. The maximum Gasteiger partial charge on any atom is 0.166 e.